The Morgan fingerprint density at radius 2 is 2.00 bits per heavy atom. The van der Waals surface area contributed by atoms with E-state index in [2.05, 4.69) is 16.0 Å². The Morgan fingerprint density at radius 3 is 2.65 bits per heavy atom. The summed E-state index contributed by atoms with van der Waals surface area (Å²) in [5.41, 5.74) is 3.62. The topological polar surface area (TPSA) is 77.2 Å². The summed E-state index contributed by atoms with van der Waals surface area (Å²) < 4.78 is 2.10. The Morgan fingerprint density at radius 1 is 1.23 bits per heavy atom. The number of carbonyl (C=O) groups is 1. The van der Waals surface area contributed by atoms with Crippen LogP contribution in [0.25, 0.3) is 0 Å². The van der Waals surface area contributed by atoms with E-state index in [9.17, 15) is 14.9 Å². The van der Waals surface area contributed by atoms with E-state index in [1.54, 1.807) is 24.3 Å². The number of aromatic nitrogens is 1. The molecule has 0 aliphatic rings. The second-order valence-electron chi connectivity index (χ2n) is 6.16. The summed E-state index contributed by atoms with van der Waals surface area (Å²) in [6.45, 7) is 6.41. The molecule has 0 saturated heterocycles. The molecule has 3 rings (SSSR count). The predicted octanol–water partition coefficient (Wildman–Crippen LogP) is 4.68. The molecule has 0 radical (unpaired) electrons. The summed E-state index contributed by atoms with van der Waals surface area (Å²) in [7, 11) is 0. The average Bonchev–Trinajstić information content (AvgIpc) is 3.20. The number of hydrogen-bond acceptors (Lipinski definition) is 4. The minimum atomic E-state index is -0.470. The van der Waals surface area contributed by atoms with Crippen molar-refractivity contribution in [3.63, 3.8) is 0 Å². The molecule has 0 spiro atoms. The summed E-state index contributed by atoms with van der Waals surface area (Å²) in [5, 5.41) is 15.8. The van der Waals surface area contributed by atoms with E-state index in [-0.39, 0.29) is 11.6 Å². The third-order valence-electron chi connectivity index (χ3n) is 4.39. The molecule has 26 heavy (non-hydrogen) atoms. The van der Waals surface area contributed by atoms with Crippen molar-refractivity contribution in [2.24, 2.45) is 0 Å². The van der Waals surface area contributed by atoms with Crippen molar-refractivity contribution in [2.75, 3.05) is 5.32 Å². The third-order valence-corrected chi connectivity index (χ3v) is 5.25. The number of rotatable bonds is 5. The van der Waals surface area contributed by atoms with Gasteiger partial charge in [-0.25, -0.2) is 0 Å². The average molecular weight is 369 g/mol. The van der Waals surface area contributed by atoms with Crippen LogP contribution in [0.1, 0.15) is 32.2 Å². The molecule has 0 bridgehead atoms. The van der Waals surface area contributed by atoms with Crippen LogP contribution in [0.5, 0.6) is 0 Å². The lowest BCUT2D eigenvalue weighted by Crippen LogP contribution is -2.14. The lowest BCUT2D eigenvalue weighted by Gasteiger charge is -2.10. The van der Waals surface area contributed by atoms with Gasteiger partial charge in [-0.3, -0.25) is 14.9 Å². The number of nitro benzene ring substituents is 1. The molecule has 2 heterocycles. The molecule has 1 N–H and O–H groups in total. The molecule has 2 aromatic heterocycles. The molecule has 134 valence electrons. The van der Waals surface area contributed by atoms with Crippen molar-refractivity contribution in [3.8, 4) is 0 Å². The Balaban J connectivity index is 1.87. The number of thiophene rings is 1. The minimum absolute atomic E-state index is 0.0472. The number of nitrogens with one attached hydrogen (secondary N) is 1. The molecule has 0 saturated carbocycles. The van der Waals surface area contributed by atoms with Gasteiger partial charge in [0.25, 0.3) is 11.6 Å². The Hall–Kier alpha value is -2.93. The fraction of sp³-hybridized carbons (Fsp3) is 0.211. The van der Waals surface area contributed by atoms with E-state index in [0.717, 1.165) is 23.5 Å². The van der Waals surface area contributed by atoms with Gasteiger partial charge in [-0.15, -0.1) is 11.3 Å². The van der Waals surface area contributed by atoms with Gasteiger partial charge in [-0.1, -0.05) is 12.1 Å². The molecular formula is C19H19N3O3S. The van der Waals surface area contributed by atoms with Crippen molar-refractivity contribution >= 4 is 28.6 Å². The fourth-order valence-electron chi connectivity index (χ4n) is 2.88. The Kier molecular flexibility index (Phi) is 4.90. The SMILES string of the molecule is Cc1ccc([N+](=O)[O-])cc1NC(=O)c1cc(C)n(Cc2cccs2)c1C. The number of benzene rings is 1. The van der Waals surface area contributed by atoms with E-state index in [1.165, 1.54) is 17.0 Å². The number of nitrogens with zero attached hydrogens (tertiary/aromatic N) is 2. The molecule has 6 nitrogen and oxygen atoms in total. The zero-order chi connectivity index (χ0) is 18.8. The Bertz CT molecular complexity index is 974. The van der Waals surface area contributed by atoms with Gasteiger partial charge in [0.15, 0.2) is 0 Å². The highest BCUT2D eigenvalue weighted by atomic mass is 32.1. The van der Waals surface area contributed by atoms with Crippen LogP contribution in [0.2, 0.25) is 0 Å². The van der Waals surface area contributed by atoms with E-state index in [0.29, 0.717) is 11.3 Å². The molecule has 0 aliphatic heterocycles. The molecule has 0 fully saturated rings. The van der Waals surface area contributed by atoms with Crippen LogP contribution in [0.4, 0.5) is 11.4 Å². The van der Waals surface area contributed by atoms with Gasteiger partial charge >= 0.3 is 0 Å². The van der Waals surface area contributed by atoms with E-state index >= 15 is 0 Å². The predicted molar refractivity (Wildman–Crippen MR) is 103 cm³/mol. The smallest absolute Gasteiger partial charge is 0.271 e. The molecular weight excluding hydrogens is 350 g/mol. The number of aryl methyl sites for hydroxylation is 2. The van der Waals surface area contributed by atoms with Crippen molar-refractivity contribution in [1.29, 1.82) is 0 Å². The van der Waals surface area contributed by atoms with Crippen molar-refractivity contribution < 1.29 is 9.72 Å². The first-order valence-corrected chi connectivity index (χ1v) is 9.00. The van der Waals surface area contributed by atoms with Crippen LogP contribution in [-0.4, -0.2) is 15.4 Å². The standard InChI is InChI=1S/C19H19N3O3S/c1-12-6-7-15(22(24)25)10-18(12)20-19(23)17-9-13(2)21(14(17)3)11-16-5-4-8-26-16/h4-10H,11H2,1-3H3,(H,20,23). The minimum Gasteiger partial charge on any atom is -0.343 e. The van der Waals surface area contributed by atoms with Gasteiger partial charge in [0.2, 0.25) is 0 Å². The monoisotopic (exact) mass is 369 g/mol. The zero-order valence-electron chi connectivity index (χ0n) is 14.8. The molecule has 0 aliphatic carbocycles. The molecule has 1 amide bonds. The lowest BCUT2D eigenvalue weighted by molar-refractivity contribution is -0.384. The first-order valence-electron chi connectivity index (χ1n) is 8.12. The summed E-state index contributed by atoms with van der Waals surface area (Å²) in [4.78, 5) is 24.5. The van der Waals surface area contributed by atoms with Gasteiger partial charge in [0.1, 0.15) is 0 Å². The van der Waals surface area contributed by atoms with Crippen LogP contribution in [0.15, 0.2) is 41.8 Å². The number of hydrogen-bond donors (Lipinski definition) is 1. The van der Waals surface area contributed by atoms with Gasteiger partial charge in [0, 0.05) is 28.4 Å². The fourth-order valence-corrected chi connectivity index (χ4v) is 3.57. The second-order valence-corrected chi connectivity index (χ2v) is 7.19. The summed E-state index contributed by atoms with van der Waals surface area (Å²) >= 11 is 1.68. The maximum Gasteiger partial charge on any atom is 0.271 e. The van der Waals surface area contributed by atoms with Gasteiger partial charge in [0.05, 0.1) is 22.7 Å². The molecule has 0 atom stereocenters. The number of amides is 1. The largest absolute Gasteiger partial charge is 0.343 e. The number of non-ortho nitro benzene ring substituents is 1. The zero-order valence-corrected chi connectivity index (χ0v) is 15.6. The van der Waals surface area contributed by atoms with Crippen molar-refractivity contribution in [2.45, 2.75) is 27.3 Å². The maximum atomic E-state index is 12.7. The molecule has 3 aromatic rings. The van der Waals surface area contributed by atoms with Gasteiger partial charge in [-0.05, 0) is 43.8 Å². The Labute approximate surface area is 155 Å². The van der Waals surface area contributed by atoms with Crippen LogP contribution in [0, 0.1) is 30.9 Å². The first kappa shape index (κ1) is 17.9. The maximum absolute atomic E-state index is 12.7. The number of nitro groups is 1. The highest BCUT2D eigenvalue weighted by Gasteiger charge is 2.18. The number of carbonyl (C=O) groups excluding carboxylic acids is 1. The number of anilines is 1. The first-order chi connectivity index (χ1) is 12.4. The van der Waals surface area contributed by atoms with Crippen LogP contribution in [-0.2, 0) is 6.54 Å². The van der Waals surface area contributed by atoms with E-state index in [4.69, 9.17) is 0 Å². The third kappa shape index (κ3) is 3.52. The highest BCUT2D eigenvalue weighted by Crippen LogP contribution is 2.24. The summed E-state index contributed by atoms with van der Waals surface area (Å²) in [5.74, 6) is -0.265. The molecule has 0 unspecified atom stereocenters. The van der Waals surface area contributed by atoms with Crippen LogP contribution < -0.4 is 5.32 Å². The van der Waals surface area contributed by atoms with Gasteiger partial charge < -0.3 is 9.88 Å². The lowest BCUT2D eigenvalue weighted by atomic mass is 10.1. The molecule has 1 aromatic carbocycles. The highest BCUT2D eigenvalue weighted by molar-refractivity contribution is 7.09. The van der Waals surface area contributed by atoms with Crippen LogP contribution >= 0.6 is 11.3 Å². The molecule has 7 heteroatoms. The van der Waals surface area contributed by atoms with Crippen LogP contribution in [0.3, 0.4) is 0 Å². The normalized spacial score (nSPS) is 10.7. The van der Waals surface area contributed by atoms with Crippen molar-refractivity contribution in [1.82, 2.24) is 4.57 Å². The summed E-state index contributed by atoms with van der Waals surface area (Å²) in [6, 6.07) is 10.4. The van der Waals surface area contributed by atoms with E-state index in [1.807, 2.05) is 31.4 Å². The quantitative estimate of drug-likeness (QED) is 0.524. The van der Waals surface area contributed by atoms with Gasteiger partial charge in [-0.2, -0.15) is 0 Å². The van der Waals surface area contributed by atoms with E-state index < -0.39 is 4.92 Å². The summed E-state index contributed by atoms with van der Waals surface area (Å²) in [6.07, 6.45) is 0. The van der Waals surface area contributed by atoms with Crippen molar-refractivity contribution in [3.05, 3.63) is 79.3 Å². The second kappa shape index (κ2) is 7.13.